The number of nitrogens with one attached hydrogen (secondary N) is 1. The van der Waals surface area contributed by atoms with Crippen LogP contribution in [0.25, 0.3) is 0 Å². The molecule has 2 unspecified atom stereocenters. The molecule has 2 aromatic carbocycles. The van der Waals surface area contributed by atoms with Crippen molar-refractivity contribution in [1.29, 1.82) is 0 Å². The van der Waals surface area contributed by atoms with Gasteiger partial charge in [0, 0.05) is 23.7 Å². The summed E-state index contributed by atoms with van der Waals surface area (Å²) in [7, 11) is 4.83. The summed E-state index contributed by atoms with van der Waals surface area (Å²) in [4.78, 5) is 13.4. The molecule has 0 radical (unpaired) electrons. The van der Waals surface area contributed by atoms with E-state index in [1.807, 2.05) is 30.3 Å². The molecule has 0 aliphatic heterocycles. The van der Waals surface area contributed by atoms with Gasteiger partial charge in [0.25, 0.3) is 0 Å². The molecule has 6 heteroatoms. The van der Waals surface area contributed by atoms with E-state index in [4.69, 9.17) is 14.2 Å². The summed E-state index contributed by atoms with van der Waals surface area (Å²) in [5.74, 6) is 1.77. The highest BCUT2D eigenvalue weighted by atomic mass is 16.5. The van der Waals surface area contributed by atoms with Gasteiger partial charge in [-0.3, -0.25) is 4.79 Å². The Morgan fingerprint density at radius 1 is 0.971 bits per heavy atom. The van der Waals surface area contributed by atoms with Gasteiger partial charge in [-0.05, 0) is 47.9 Å². The van der Waals surface area contributed by atoms with Crippen molar-refractivity contribution in [3.05, 3.63) is 47.0 Å². The van der Waals surface area contributed by atoms with Gasteiger partial charge in [0.15, 0.2) is 11.5 Å². The lowest BCUT2D eigenvalue weighted by Gasteiger charge is -2.25. The molecule has 2 rings (SSSR count). The van der Waals surface area contributed by atoms with Crippen molar-refractivity contribution in [3.8, 4) is 17.2 Å². The first-order valence-corrected chi connectivity index (χ1v) is 12.5. The number of rotatable bonds is 12. The normalized spacial score (nSPS) is 13.2. The number of hydrogen-bond acceptors (Lipinski definition) is 5. The Balaban J connectivity index is 2.41. The fourth-order valence-electron chi connectivity index (χ4n) is 4.38. The van der Waals surface area contributed by atoms with Crippen molar-refractivity contribution < 1.29 is 24.1 Å². The minimum atomic E-state index is -0.613. The predicted octanol–water partition coefficient (Wildman–Crippen LogP) is 6.76. The Morgan fingerprint density at radius 2 is 1.60 bits per heavy atom. The zero-order valence-electron chi connectivity index (χ0n) is 22.7. The zero-order valence-corrected chi connectivity index (χ0v) is 22.7. The van der Waals surface area contributed by atoms with Crippen LogP contribution in [-0.2, 0) is 10.2 Å². The first-order valence-electron chi connectivity index (χ1n) is 12.5. The largest absolute Gasteiger partial charge is 0.496 e. The number of ether oxygens (including phenoxy) is 3. The van der Waals surface area contributed by atoms with Crippen LogP contribution in [0.2, 0.25) is 0 Å². The number of aliphatic hydroxyl groups is 1. The summed E-state index contributed by atoms with van der Waals surface area (Å²) >= 11 is 0. The smallest absolute Gasteiger partial charge is 0.224 e. The van der Waals surface area contributed by atoms with Gasteiger partial charge in [-0.2, -0.15) is 0 Å². The number of carbonyl (C=O) groups is 1. The highest BCUT2D eigenvalue weighted by molar-refractivity contribution is 5.92. The molecule has 1 amide bonds. The quantitative estimate of drug-likeness (QED) is 0.325. The maximum atomic E-state index is 13.4. The van der Waals surface area contributed by atoms with Crippen LogP contribution in [0, 0.1) is 0 Å². The number of hydrogen-bond donors (Lipinski definition) is 2. The van der Waals surface area contributed by atoms with Gasteiger partial charge in [-0.15, -0.1) is 0 Å². The Bertz CT molecular complexity index is 978. The topological polar surface area (TPSA) is 77.0 Å². The lowest BCUT2D eigenvalue weighted by molar-refractivity contribution is -0.116. The fraction of sp³-hybridized carbons (Fsp3) is 0.552. The Hall–Kier alpha value is -2.73. The van der Waals surface area contributed by atoms with Crippen LogP contribution in [0.4, 0.5) is 5.69 Å². The SMILES string of the molecule is CCCCCC(CC(=O)Nc1cc(C(C)O)ccc1C(C)(C)C)c1cc(OC)c(OC)cc1OC. The number of aliphatic hydroxyl groups excluding tert-OH is 1. The molecular formula is C29H43NO5. The lowest BCUT2D eigenvalue weighted by atomic mass is 9.84. The number of methoxy groups -OCH3 is 3. The first-order chi connectivity index (χ1) is 16.5. The molecule has 2 aromatic rings. The Kier molecular flexibility index (Phi) is 10.4. The van der Waals surface area contributed by atoms with Crippen LogP contribution in [0.1, 0.15) is 95.4 Å². The van der Waals surface area contributed by atoms with Crippen molar-refractivity contribution in [2.75, 3.05) is 26.6 Å². The van der Waals surface area contributed by atoms with E-state index < -0.39 is 6.10 Å². The monoisotopic (exact) mass is 485 g/mol. The molecule has 194 valence electrons. The summed E-state index contributed by atoms with van der Waals surface area (Å²) in [5, 5.41) is 13.2. The maximum Gasteiger partial charge on any atom is 0.224 e. The van der Waals surface area contributed by atoms with Gasteiger partial charge in [-0.25, -0.2) is 0 Å². The van der Waals surface area contributed by atoms with Gasteiger partial charge in [0.2, 0.25) is 5.91 Å². The van der Waals surface area contributed by atoms with Crippen molar-refractivity contribution in [2.24, 2.45) is 0 Å². The second-order valence-electron chi connectivity index (χ2n) is 10.1. The number of amides is 1. The minimum Gasteiger partial charge on any atom is -0.496 e. The average Bonchev–Trinajstić information content (AvgIpc) is 2.81. The molecule has 0 aliphatic rings. The molecule has 0 aliphatic carbocycles. The second-order valence-corrected chi connectivity index (χ2v) is 10.1. The fourth-order valence-corrected chi connectivity index (χ4v) is 4.38. The summed E-state index contributed by atoms with van der Waals surface area (Å²) in [6.07, 6.45) is 3.75. The molecule has 0 saturated carbocycles. The molecule has 0 heterocycles. The van der Waals surface area contributed by atoms with E-state index in [1.54, 1.807) is 28.3 Å². The van der Waals surface area contributed by atoms with Crippen LogP contribution >= 0.6 is 0 Å². The Labute approximate surface area is 211 Å². The third-order valence-electron chi connectivity index (χ3n) is 6.37. The molecule has 0 spiro atoms. The van der Waals surface area contributed by atoms with Crippen molar-refractivity contribution in [1.82, 2.24) is 0 Å². The van der Waals surface area contributed by atoms with E-state index in [-0.39, 0.29) is 17.2 Å². The molecule has 6 nitrogen and oxygen atoms in total. The van der Waals surface area contributed by atoms with Crippen molar-refractivity contribution in [2.45, 2.75) is 84.2 Å². The molecule has 2 atom stereocenters. The molecular weight excluding hydrogens is 442 g/mol. The highest BCUT2D eigenvalue weighted by Crippen LogP contribution is 2.41. The summed E-state index contributed by atoms with van der Waals surface area (Å²) in [6.45, 7) is 10.2. The predicted molar refractivity (Wildman–Crippen MR) is 142 cm³/mol. The van der Waals surface area contributed by atoms with E-state index in [0.29, 0.717) is 23.7 Å². The lowest BCUT2D eigenvalue weighted by Crippen LogP contribution is -2.21. The van der Waals surface area contributed by atoms with E-state index in [1.165, 1.54) is 0 Å². The molecule has 0 fully saturated rings. The van der Waals surface area contributed by atoms with Crippen LogP contribution < -0.4 is 19.5 Å². The van der Waals surface area contributed by atoms with E-state index in [0.717, 1.165) is 48.1 Å². The molecule has 0 bridgehead atoms. The van der Waals surface area contributed by atoms with Crippen LogP contribution in [-0.4, -0.2) is 32.3 Å². The van der Waals surface area contributed by atoms with Crippen molar-refractivity contribution >= 4 is 11.6 Å². The van der Waals surface area contributed by atoms with Gasteiger partial charge in [0.1, 0.15) is 5.75 Å². The molecule has 2 N–H and O–H groups in total. The minimum absolute atomic E-state index is 0.0469. The van der Waals surface area contributed by atoms with Crippen LogP contribution in [0.5, 0.6) is 17.2 Å². The van der Waals surface area contributed by atoms with Crippen LogP contribution in [0.3, 0.4) is 0 Å². The molecule has 35 heavy (non-hydrogen) atoms. The van der Waals surface area contributed by atoms with Gasteiger partial charge in [0.05, 0.1) is 27.4 Å². The third-order valence-corrected chi connectivity index (χ3v) is 6.37. The third kappa shape index (κ3) is 7.63. The van der Waals surface area contributed by atoms with E-state index in [2.05, 4.69) is 33.0 Å². The average molecular weight is 486 g/mol. The highest BCUT2D eigenvalue weighted by Gasteiger charge is 2.25. The maximum absolute atomic E-state index is 13.4. The van der Waals surface area contributed by atoms with Gasteiger partial charge in [-0.1, -0.05) is 59.1 Å². The van der Waals surface area contributed by atoms with Crippen LogP contribution in [0.15, 0.2) is 30.3 Å². The van der Waals surface area contributed by atoms with Gasteiger partial charge >= 0.3 is 0 Å². The number of benzene rings is 2. The number of unbranched alkanes of at least 4 members (excludes halogenated alkanes) is 2. The van der Waals surface area contributed by atoms with E-state index in [9.17, 15) is 9.90 Å². The second kappa shape index (κ2) is 12.8. The van der Waals surface area contributed by atoms with Crippen molar-refractivity contribution in [3.63, 3.8) is 0 Å². The summed E-state index contributed by atoms with van der Waals surface area (Å²) in [5.41, 5.74) is 3.32. The molecule has 0 aromatic heterocycles. The number of carbonyl (C=O) groups excluding carboxylic acids is 1. The summed E-state index contributed by atoms with van der Waals surface area (Å²) in [6, 6.07) is 9.54. The standard InChI is InChI=1S/C29H43NO5/c1-9-10-11-12-21(22-17-26(34-7)27(35-8)18-25(22)33-6)16-28(32)30-24-15-20(19(2)31)13-14-23(24)29(3,4)5/h13-15,17-19,21,31H,9-12,16H2,1-8H3,(H,30,32). The molecule has 0 saturated heterocycles. The Morgan fingerprint density at radius 3 is 2.14 bits per heavy atom. The van der Waals surface area contributed by atoms with E-state index >= 15 is 0 Å². The summed E-state index contributed by atoms with van der Waals surface area (Å²) < 4.78 is 16.7. The van der Waals surface area contributed by atoms with Gasteiger partial charge < -0.3 is 24.6 Å². The number of anilines is 1. The first kappa shape index (κ1) is 28.5. The zero-order chi connectivity index (χ0) is 26.2.